The van der Waals surface area contributed by atoms with Crippen molar-refractivity contribution in [2.45, 2.75) is 44.2 Å². The van der Waals surface area contributed by atoms with Crippen molar-refractivity contribution in [1.82, 2.24) is 14.8 Å². The van der Waals surface area contributed by atoms with Gasteiger partial charge in [-0.2, -0.15) is 10.4 Å². The van der Waals surface area contributed by atoms with Crippen molar-refractivity contribution in [3.63, 3.8) is 0 Å². The summed E-state index contributed by atoms with van der Waals surface area (Å²) < 4.78 is 1.75. The van der Waals surface area contributed by atoms with E-state index in [1.54, 1.807) is 16.8 Å². The molecule has 1 N–H and O–H groups in total. The number of hydrogen-bond acceptors (Lipinski definition) is 4. The smallest absolute Gasteiger partial charge is 0.158 e. The number of aliphatic hydroxyl groups is 1. The van der Waals surface area contributed by atoms with Crippen LogP contribution in [-0.4, -0.2) is 25.5 Å². The summed E-state index contributed by atoms with van der Waals surface area (Å²) in [5.74, 6) is 0.700. The Bertz CT molecular complexity index is 665. The van der Waals surface area contributed by atoms with E-state index in [1.165, 1.54) is 12.7 Å². The van der Waals surface area contributed by atoms with E-state index >= 15 is 0 Å². The molecule has 0 radical (unpaired) electrons. The predicted octanol–water partition coefficient (Wildman–Crippen LogP) is 2.51. The van der Waals surface area contributed by atoms with Crippen LogP contribution in [0, 0.1) is 11.3 Å². The highest BCUT2D eigenvalue weighted by molar-refractivity contribution is 5.57. The Morgan fingerprint density at radius 2 is 2.10 bits per heavy atom. The van der Waals surface area contributed by atoms with E-state index in [4.69, 9.17) is 5.26 Å². The molecule has 0 saturated heterocycles. The van der Waals surface area contributed by atoms with Gasteiger partial charge in [0.1, 0.15) is 6.33 Å². The SMILES string of the molecule is N#Cc1cccc(-c2ncnn2CC2(O)CCCCC2)c1. The van der Waals surface area contributed by atoms with Crippen molar-refractivity contribution in [2.75, 3.05) is 0 Å². The number of hydrogen-bond donors (Lipinski definition) is 1. The topological polar surface area (TPSA) is 74.7 Å². The zero-order chi connectivity index (χ0) is 14.7. The number of benzene rings is 1. The van der Waals surface area contributed by atoms with Crippen molar-refractivity contribution in [3.8, 4) is 17.5 Å². The lowest BCUT2D eigenvalue weighted by Gasteiger charge is -2.32. The molecule has 1 heterocycles. The van der Waals surface area contributed by atoms with Gasteiger partial charge in [-0.25, -0.2) is 9.67 Å². The van der Waals surface area contributed by atoms with Crippen LogP contribution in [0.3, 0.4) is 0 Å². The lowest BCUT2D eigenvalue weighted by Crippen LogP contribution is -2.36. The fraction of sp³-hybridized carbons (Fsp3) is 0.438. The van der Waals surface area contributed by atoms with Crippen LogP contribution in [0.2, 0.25) is 0 Å². The van der Waals surface area contributed by atoms with Gasteiger partial charge < -0.3 is 5.11 Å². The largest absolute Gasteiger partial charge is 0.388 e. The number of rotatable bonds is 3. The number of aromatic nitrogens is 3. The Balaban J connectivity index is 1.88. The van der Waals surface area contributed by atoms with Crippen LogP contribution < -0.4 is 0 Å². The van der Waals surface area contributed by atoms with Gasteiger partial charge in [0.25, 0.3) is 0 Å². The van der Waals surface area contributed by atoms with Crippen molar-refractivity contribution in [3.05, 3.63) is 36.2 Å². The number of nitriles is 1. The summed E-state index contributed by atoms with van der Waals surface area (Å²) in [5, 5.41) is 23.9. The fourth-order valence-electron chi connectivity index (χ4n) is 2.98. The third-order valence-corrected chi connectivity index (χ3v) is 4.09. The van der Waals surface area contributed by atoms with E-state index in [2.05, 4.69) is 16.2 Å². The molecule has 0 amide bonds. The van der Waals surface area contributed by atoms with Gasteiger partial charge in [-0.15, -0.1) is 0 Å². The Morgan fingerprint density at radius 1 is 1.29 bits per heavy atom. The molecule has 0 aliphatic heterocycles. The van der Waals surface area contributed by atoms with Gasteiger partial charge >= 0.3 is 0 Å². The number of nitrogens with zero attached hydrogens (tertiary/aromatic N) is 4. The molecule has 5 heteroatoms. The van der Waals surface area contributed by atoms with E-state index < -0.39 is 5.60 Å². The van der Waals surface area contributed by atoms with Crippen molar-refractivity contribution in [1.29, 1.82) is 5.26 Å². The summed E-state index contributed by atoms with van der Waals surface area (Å²) in [6, 6.07) is 9.44. The second kappa shape index (κ2) is 5.66. The van der Waals surface area contributed by atoms with Gasteiger partial charge in [0.15, 0.2) is 5.82 Å². The molecule has 3 rings (SSSR count). The minimum Gasteiger partial charge on any atom is -0.388 e. The second-order valence-corrected chi connectivity index (χ2v) is 5.72. The van der Waals surface area contributed by atoms with Gasteiger partial charge in [-0.05, 0) is 25.0 Å². The Morgan fingerprint density at radius 3 is 2.86 bits per heavy atom. The zero-order valence-corrected chi connectivity index (χ0v) is 11.9. The van der Waals surface area contributed by atoms with E-state index in [0.29, 0.717) is 17.9 Å². The molecule has 2 aromatic rings. The summed E-state index contributed by atoms with van der Waals surface area (Å²) in [6.45, 7) is 0.457. The first-order valence-electron chi connectivity index (χ1n) is 7.31. The molecule has 0 atom stereocenters. The molecule has 21 heavy (non-hydrogen) atoms. The Kier molecular flexibility index (Phi) is 3.72. The van der Waals surface area contributed by atoms with E-state index in [9.17, 15) is 5.11 Å². The normalized spacial score (nSPS) is 17.3. The summed E-state index contributed by atoms with van der Waals surface area (Å²) in [6.07, 6.45) is 6.43. The third kappa shape index (κ3) is 2.96. The molecule has 1 aromatic carbocycles. The van der Waals surface area contributed by atoms with Gasteiger partial charge in [0, 0.05) is 5.56 Å². The molecule has 0 bridgehead atoms. The van der Waals surface area contributed by atoms with Crippen LogP contribution in [0.4, 0.5) is 0 Å². The van der Waals surface area contributed by atoms with Crippen LogP contribution in [0.1, 0.15) is 37.7 Å². The van der Waals surface area contributed by atoms with Crippen LogP contribution >= 0.6 is 0 Å². The first-order valence-corrected chi connectivity index (χ1v) is 7.31. The zero-order valence-electron chi connectivity index (χ0n) is 11.9. The lowest BCUT2D eigenvalue weighted by molar-refractivity contribution is -0.0139. The lowest BCUT2D eigenvalue weighted by atomic mass is 9.85. The first kappa shape index (κ1) is 13.8. The first-order chi connectivity index (χ1) is 10.2. The van der Waals surface area contributed by atoms with Gasteiger partial charge in [-0.3, -0.25) is 0 Å². The molecule has 1 aromatic heterocycles. The van der Waals surface area contributed by atoms with E-state index in [1.807, 2.05) is 12.1 Å². The molecule has 1 aliphatic rings. The van der Waals surface area contributed by atoms with Gasteiger partial charge in [-0.1, -0.05) is 31.4 Å². The molecule has 1 fully saturated rings. The summed E-state index contributed by atoms with van der Waals surface area (Å²) in [7, 11) is 0. The predicted molar refractivity (Wildman–Crippen MR) is 78.2 cm³/mol. The average molecular weight is 282 g/mol. The van der Waals surface area contributed by atoms with Gasteiger partial charge in [0.05, 0.1) is 23.8 Å². The molecule has 0 spiro atoms. The maximum absolute atomic E-state index is 10.7. The molecular formula is C16H18N4O. The quantitative estimate of drug-likeness (QED) is 0.938. The van der Waals surface area contributed by atoms with Crippen molar-refractivity contribution in [2.24, 2.45) is 0 Å². The van der Waals surface area contributed by atoms with Crippen LogP contribution in [0.15, 0.2) is 30.6 Å². The fourth-order valence-corrected chi connectivity index (χ4v) is 2.98. The van der Waals surface area contributed by atoms with Crippen molar-refractivity contribution >= 4 is 0 Å². The molecule has 1 aliphatic carbocycles. The van der Waals surface area contributed by atoms with E-state index in [-0.39, 0.29) is 0 Å². The van der Waals surface area contributed by atoms with Crippen LogP contribution in [0.5, 0.6) is 0 Å². The molecular weight excluding hydrogens is 264 g/mol. The molecule has 1 saturated carbocycles. The molecule has 0 unspecified atom stereocenters. The second-order valence-electron chi connectivity index (χ2n) is 5.72. The van der Waals surface area contributed by atoms with Crippen LogP contribution in [-0.2, 0) is 6.54 Å². The highest BCUT2D eigenvalue weighted by Crippen LogP contribution is 2.30. The highest BCUT2D eigenvalue weighted by atomic mass is 16.3. The van der Waals surface area contributed by atoms with Crippen molar-refractivity contribution < 1.29 is 5.11 Å². The molecule has 5 nitrogen and oxygen atoms in total. The maximum atomic E-state index is 10.7. The highest BCUT2D eigenvalue weighted by Gasteiger charge is 2.30. The maximum Gasteiger partial charge on any atom is 0.158 e. The minimum atomic E-state index is -0.687. The summed E-state index contributed by atoms with van der Waals surface area (Å²) in [5.41, 5.74) is 0.762. The Labute approximate surface area is 123 Å². The Hall–Kier alpha value is -2.19. The summed E-state index contributed by atoms with van der Waals surface area (Å²) >= 11 is 0. The monoisotopic (exact) mass is 282 g/mol. The molecule has 108 valence electrons. The average Bonchev–Trinajstić information content (AvgIpc) is 2.95. The minimum absolute atomic E-state index is 0.457. The standard InChI is InChI=1S/C16H18N4O/c17-10-13-5-4-6-14(9-13)15-18-12-19-20(15)11-16(21)7-2-1-3-8-16/h4-6,9,12,21H,1-3,7-8,11H2. The van der Waals surface area contributed by atoms with E-state index in [0.717, 1.165) is 31.2 Å². The van der Waals surface area contributed by atoms with Gasteiger partial charge in [0.2, 0.25) is 0 Å². The van der Waals surface area contributed by atoms with Crippen LogP contribution in [0.25, 0.3) is 11.4 Å². The third-order valence-electron chi connectivity index (χ3n) is 4.09. The summed E-state index contributed by atoms with van der Waals surface area (Å²) in [4.78, 5) is 4.29.